The Hall–Kier alpha value is -3.37. The van der Waals surface area contributed by atoms with E-state index in [1.165, 1.54) is 12.1 Å². The molecule has 3 heterocycles. The fraction of sp³-hybridized carbons (Fsp3) is 0.400. The minimum Gasteiger partial charge on any atom is -0.486 e. The summed E-state index contributed by atoms with van der Waals surface area (Å²) < 4.78 is 41.6. The predicted octanol–water partition coefficient (Wildman–Crippen LogP) is 4.25. The number of aliphatic hydroxyl groups is 1. The maximum atomic E-state index is 14.1. The average Bonchev–Trinajstić information content (AvgIpc) is 3.50. The third-order valence-corrected chi connectivity index (χ3v) is 6.30. The molecule has 0 radical (unpaired) electrons. The third kappa shape index (κ3) is 4.39. The fourth-order valence-electron chi connectivity index (χ4n) is 4.43. The second kappa shape index (κ2) is 9.01. The number of alkyl halides is 2. The number of benzene rings is 2. The van der Waals surface area contributed by atoms with Crippen molar-refractivity contribution >= 4 is 27.6 Å². The predicted molar refractivity (Wildman–Crippen MR) is 128 cm³/mol. The summed E-state index contributed by atoms with van der Waals surface area (Å²) in [5.74, 6) is -1.51. The molecule has 2 aromatic heterocycles. The first kappa shape index (κ1) is 23.4. The van der Waals surface area contributed by atoms with E-state index in [2.05, 4.69) is 20.4 Å². The lowest BCUT2D eigenvalue weighted by molar-refractivity contribution is -0.0556. The number of fused-ring (bicyclic) bond motifs is 3. The first-order valence-electron chi connectivity index (χ1n) is 11.5. The third-order valence-electron chi connectivity index (χ3n) is 6.30. The Labute approximate surface area is 200 Å². The number of nitrogens with zero attached hydrogens (tertiary/aromatic N) is 4. The smallest absolute Gasteiger partial charge is 0.295 e. The molecule has 0 amide bonds. The maximum absolute atomic E-state index is 14.1. The van der Waals surface area contributed by atoms with Crippen molar-refractivity contribution in [1.29, 1.82) is 0 Å². The minimum absolute atomic E-state index is 0.0526. The van der Waals surface area contributed by atoms with E-state index < -0.39 is 12.5 Å². The highest BCUT2D eigenvalue weighted by Gasteiger charge is 2.31. The largest absolute Gasteiger partial charge is 0.486 e. The fourth-order valence-corrected chi connectivity index (χ4v) is 4.43. The molecule has 4 aromatic rings. The summed E-state index contributed by atoms with van der Waals surface area (Å²) in [6.45, 7) is 3.62. The van der Waals surface area contributed by atoms with Crippen LogP contribution < -0.4 is 10.1 Å². The van der Waals surface area contributed by atoms with Crippen LogP contribution in [0.5, 0.6) is 5.75 Å². The van der Waals surface area contributed by atoms with E-state index in [-0.39, 0.29) is 17.7 Å². The van der Waals surface area contributed by atoms with Crippen molar-refractivity contribution in [2.24, 2.45) is 7.05 Å². The number of halogens is 2. The van der Waals surface area contributed by atoms with E-state index in [1.54, 1.807) is 29.9 Å². The molecule has 10 heteroatoms. The van der Waals surface area contributed by atoms with Gasteiger partial charge in [-0.15, -0.1) is 0 Å². The van der Waals surface area contributed by atoms with E-state index in [0.29, 0.717) is 36.2 Å². The number of rotatable bonds is 7. The standard InChI is InChI=1S/C25H27F2N5O3/c1-14(16-5-4-6-17(9-16)25(26,27)13-33)29-24-19-10-21(35-18-7-8-34-12-18)23-20(11-28-32(23)3)22(19)30-15(2)31-24/h4-6,9-11,14,18,33H,7-8,12-13H2,1-3H3,(H,29,30,31)/t14?,18-/m0/s1. The van der Waals surface area contributed by atoms with Gasteiger partial charge in [-0.2, -0.15) is 13.9 Å². The molecule has 1 aliphatic rings. The number of nitrogens with one attached hydrogen (secondary N) is 1. The molecule has 5 rings (SSSR count). The van der Waals surface area contributed by atoms with Gasteiger partial charge >= 0.3 is 0 Å². The molecule has 0 spiro atoms. The van der Waals surface area contributed by atoms with Gasteiger partial charge in [-0.1, -0.05) is 18.2 Å². The lowest BCUT2D eigenvalue weighted by atomic mass is 10.0. The molecule has 1 unspecified atom stereocenters. The number of hydrogen-bond donors (Lipinski definition) is 2. The molecule has 1 saturated heterocycles. The minimum atomic E-state index is -3.31. The number of aliphatic hydroxyl groups excluding tert-OH is 1. The van der Waals surface area contributed by atoms with E-state index in [4.69, 9.17) is 14.6 Å². The molecule has 184 valence electrons. The number of anilines is 1. The number of aromatic nitrogens is 4. The Balaban J connectivity index is 1.57. The van der Waals surface area contributed by atoms with Crippen molar-refractivity contribution in [2.45, 2.75) is 38.3 Å². The van der Waals surface area contributed by atoms with Gasteiger partial charge in [0.1, 0.15) is 35.6 Å². The summed E-state index contributed by atoms with van der Waals surface area (Å²) in [7, 11) is 1.86. The zero-order valence-electron chi connectivity index (χ0n) is 19.8. The molecule has 2 aromatic carbocycles. The summed E-state index contributed by atoms with van der Waals surface area (Å²) >= 11 is 0. The van der Waals surface area contributed by atoms with Gasteiger partial charge in [-0.3, -0.25) is 4.68 Å². The Morgan fingerprint density at radius 3 is 2.86 bits per heavy atom. The summed E-state index contributed by atoms with van der Waals surface area (Å²) in [5.41, 5.74) is 1.97. The Morgan fingerprint density at radius 2 is 2.11 bits per heavy atom. The van der Waals surface area contributed by atoms with Crippen LogP contribution in [0.25, 0.3) is 21.8 Å². The number of aryl methyl sites for hydroxylation is 2. The Kier molecular flexibility index (Phi) is 6.02. The van der Waals surface area contributed by atoms with Crippen molar-refractivity contribution in [3.8, 4) is 5.75 Å². The van der Waals surface area contributed by atoms with Gasteiger partial charge in [0.05, 0.1) is 30.3 Å². The second-order valence-electron chi connectivity index (χ2n) is 8.88. The van der Waals surface area contributed by atoms with Crippen LogP contribution in [0.1, 0.15) is 36.3 Å². The van der Waals surface area contributed by atoms with Crippen LogP contribution >= 0.6 is 0 Å². The molecule has 2 atom stereocenters. The van der Waals surface area contributed by atoms with Gasteiger partial charge in [0.15, 0.2) is 0 Å². The van der Waals surface area contributed by atoms with Gasteiger partial charge in [0.25, 0.3) is 5.92 Å². The highest BCUT2D eigenvalue weighted by atomic mass is 19.3. The van der Waals surface area contributed by atoms with Crippen molar-refractivity contribution in [2.75, 3.05) is 25.1 Å². The van der Waals surface area contributed by atoms with Gasteiger partial charge in [0, 0.05) is 30.5 Å². The van der Waals surface area contributed by atoms with E-state index in [1.807, 2.05) is 20.0 Å². The van der Waals surface area contributed by atoms with Crippen LogP contribution in [0.4, 0.5) is 14.6 Å². The van der Waals surface area contributed by atoms with Gasteiger partial charge in [-0.25, -0.2) is 9.97 Å². The summed E-state index contributed by atoms with van der Waals surface area (Å²) in [6, 6.07) is 7.59. The molecule has 0 saturated carbocycles. The SMILES string of the molecule is Cc1nc(NC(C)c2cccc(C(F)(F)CO)c2)c2cc(O[C@H]3CCOC3)c3c(cnn3C)c2n1. The van der Waals surface area contributed by atoms with Crippen molar-refractivity contribution in [3.63, 3.8) is 0 Å². The van der Waals surface area contributed by atoms with Crippen LogP contribution in [0.2, 0.25) is 0 Å². The van der Waals surface area contributed by atoms with Crippen molar-refractivity contribution < 1.29 is 23.4 Å². The Bertz CT molecular complexity index is 1380. The summed E-state index contributed by atoms with van der Waals surface area (Å²) in [6.07, 6.45) is 2.51. The molecule has 2 N–H and O–H groups in total. The zero-order valence-corrected chi connectivity index (χ0v) is 19.8. The number of ether oxygens (including phenoxy) is 2. The quantitative estimate of drug-likeness (QED) is 0.406. The van der Waals surface area contributed by atoms with Crippen LogP contribution in [0, 0.1) is 6.92 Å². The first-order chi connectivity index (χ1) is 16.8. The molecule has 0 bridgehead atoms. The Morgan fingerprint density at radius 1 is 1.29 bits per heavy atom. The lowest BCUT2D eigenvalue weighted by Crippen LogP contribution is -2.19. The molecule has 1 fully saturated rings. The normalized spacial score (nSPS) is 17.3. The second-order valence-corrected chi connectivity index (χ2v) is 8.88. The number of hydrogen-bond acceptors (Lipinski definition) is 7. The monoisotopic (exact) mass is 483 g/mol. The van der Waals surface area contributed by atoms with Crippen LogP contribution in [-0.2, 0) is 17.7 Å². The van der Waals surface area contributed by atoms with Crippen LogP contribution in [0.15, 0.2) is 36.5 Å². The van der Waals surface area contributed by atoms with Crippen molar-refractivity contribution in [1.82, 2.24) is 19.7 Å². The summed E-state index contributed by atoms with van der Waals surface area (Å²) in [5, 5.41) is 18.4. The molecule has 8 nitrogen and oxygen atoms in total. The highest BCUT2D eigenvalue weighted by molar-refractivity contribution is 6.10. The van der Waals surface area contributed by atoms with E-state index in [0.717, 1.165) is 28.2 Å². The van der Waals surface area contributed by atoms with Gasteiger partial charge in [-0.05, 0) is 31.5 Å². The maximum Gasteiger partial charge on any atom is 0.295 e. The molecule has 1 aliphatic heterocycles. The topological polar surface area (TPSA) is 94.3 Å². The lowest BCUT2D eigenvalue weighted by Gasteiger charge is -2.20. The average molecular weight is 484 g/mol. The molecular formula is C25H27F2N5O3. The van der Waals surface area contributed by atoms with Crippen LogP contribution in [-0.4, -0.2) is 50.8 Å². The summed E-state index contributed by atoms with van der Waals surface area (Å²) in [4.78, 5) is 9.30. The molecular weight excluding hydrogens is 456 g/mol. The highest BCUT2D eigenvalue weighted by Crippen LogP contribution is 2.37. The van der Waals surface area contributed by atoms with Gasteiger partial charge < -0.3 is 19.9 Å². The van der Waals surface area contributed by atoms with Crippen LogP contribution in [0.3, 0.4) is 0 Å². The van der Waals surface area contributed by atoms with Crippen molar-refractivity contribution in [3.05, 3.63) is 53.5 Å². The van der Waals surface area contributed by atoms with E-state index >= 15 is 0 Å². The molecule has 0 aliphatic carbocycles. The van der Waals surface area contributed by atoms with Gasteiger partial charge in [0.2, 0.25) is 0 Å². The first-order valence-corrected chi connectivity index (χ1v) is 11.5. The molecule has 35 heavy (non-hydrogen) atoms. The zero-order chi connectivity index (χ0) is 24.7. The van der Waals surface area contributed by atoms with E-state index in [9.17, 15) is 8.78 Å².